The van der Waals surface area contributed by atoms with Crippen LogP contribution in [0.15, 0.2) is 0 Å². The van der Waals surface area contributed by atoms with Crippen molar-refractivity contribution in [2.45, 2.75) is 38.6 Å². The van der Waals surface area contributed by atoms with Crippen molar-refractivity contribution in [3.63, 3.8) is 0 Å². The minimum Gasteiger partial charge on any atom is -0.271 e. The minimum atomic E-state index is 0.591. The predicted molar refractivity (Wildman–Crippen MR) is 38.7 cm³/mol. The zero-order chi connectivity index (χ0) is 6.69. The second-order valence-electron chi connectivity index (χ2n) is 3.14. The summed E-state index contributed by atoms with van der Waals surface area (Å²) in [5.41, 5.74) is 2.83. The van der Waals surface area contributed by atoms with E-state index in [1.165, 1.54) is 25.7 Å². The number of nitrogens with one attached hydrogen (secondary N) is 1. The largest absolute Gasteiger partial charge is 0.271 e. The summed E-state index contributed by atoms with van der Waals surface area (Å²) in [5, 5.41) is 0. The fourth-order valence-electron chi connectivity index (χ4n) is 1.59. The lowest BCUT2D eigenvalue weighted by atomic mass is 9.87. The fourth-order valence-corrected chi connectivity index (χ4v) is 1.59. The second-order valence-corrected chi connectivity index (χ2v) is 3.14. The Balaban J connectivity index is 2.23. The summed E-state index contributed by atoms with van der Waals surface area (Å²) in [6.45, 7) is 2.30. The molecule has 0 aliphatic heterocycles. The Bertz CT molecular complexity index is 83.0. The molecule has 2 heteroatoms. The molecule has 1 saturated carbocycles. The summed E-state index contributed by atoms with van der Waals surface area (Å²) in [4.78, 5) is 0. The molecule has 0 radical (unpaired) electrons. The lowest BCUT2D eigenvalue weighted by Gasteiger charge is -2.25. The van der Waals surface area contributed by atoms with Crippen molar-refractivity contribution in [2.75, 3.05) is 0 Å². The molecule has 0 aromatic rings. The highest BCUT2D eigenvalue weighted by molar-refractivity contribution is 4.73. The van der Waals surface area contributed by atoms with E-state index in [1.54, 1.807) is 0 Å². The van der Waals surface area contributed by atoms with Crippen LogP contribution in [0.5, 0.6) is 0 Å². The third kappa shape index (κ3) is 1.95. The lowest BCUT2D eigenvalue weighted by Crippen LogP contribution is -2.38. The average molecular weight is 128 g/mol. The van der Waals surface area contributed by atoms with Gasteiger partial charge in [0.05, 0.1) is 0 Å². The second kappa shape index (κ2) is 3.18. The first-order valence-electron chi connectivity index (χ1n) is 3.79. The van der Waals surface area contributed by atoms with Crippen LogP contribution in [0, 0.1) is 5.92 Å². The molecule has 9 heavy (non-hydrogen) atoms. The highest BCUT2D eigenvalue weighted by Crippen LogP contribution is 2.22. The van der Waals surface area contributed by atoms with Crippen molar-refractivity contribution < 1.29 is 0 Å². The molecule has 0 aromatic heterocycles. The molecule has 0 saturated heterocycles. The maximum atomic E-state index is 5.32. The summed E-state index contributed by atoms with van der Waals surface area (Å²) in [5.74, 6) is 6.19. The molecule has 2 nitrogen and oxygen atoms in total. The van der Waals surface area contributed by atoms with E-state index in [2.05, 4.69) is 12.3 Å². The first-order valence-corrected chi connectivity index (χ1v) is 3.79. The Morgan fingerprint density at radius 2 is 2.22 bits per heavy atom. The van der Waals surface area contributed by atoms with Crippen molar-refractivity contribution >= 4 is 0 Å². The van der Waals surface area contributed by atoms with E-state index in [9.17, 15) is 0 Å². The molecular weight excluding hydrogens is 112 g/mol. The Hall–Kier alpha value is -0.0800. The summed E-state index contributed by atoms with van der Waals surface area (Å²) in [6, 6.07) is 0.591. The standard InChI is InChI=1S/C7H16N2/c1-6-3-2-4-7(5-6)9-8/h6-7,9H,2-5,8H2,1H3/t6-,7-/m0/s1. The van der Waals surface area contributed by atoms with Gasteiger partial charge in [0.1, 0.15) is 0 Å². The van der Waals surface area contributed by atoms with E-state index in [1.807, 2.05) is 0 Å². The van der Waals surface area contributed by atoms with Crippen molar-refractivity contribution in [3.05, 3.63) is 0 Å². The van der Waals surface area contributed by atoms with Gasteiger partial charge in [-0.05, 0) is 18.8 Å². The molecule has 0 amide bonds. The summed E-state index contributed by atoms with van der Waals surface area (Å²) >= 11 is 0. The Kier molecular flexibility index (Phi) is 2.49. The average Bonchev–Trinajstić information content (AvgIpc) is 1.88. The predicted octanol–water partition coefficient (Wildman–Crippen LogP) is 1.03. The topological polar surface area (TPSA) is 38.0 Å². The highest BCUT2D eigenvalue weighted by atomic mass is 15.2. The number of hydrogen-bond donors (Lipinski definition) is 2. The molecule has 0 heterocycles. The van der Waals surface area contributed by atoms with Gasteiger partial charge in [0.25, 0.3) is 0 Å². The van der Waals surface area contributed by atoms with Crippen LogP contribution in [0.1, 0.15) is 32.6 Å². The number of hydrogen-bond acceptors (Lipinski definition) is 2. The highest BCUT2D eigenvalue weighted by Gasteiger charge is 2.16. The van der Waals surface area contributed by atoms with Crippen molar-refractivity contribution in [3.8, 4) is 0 Å². The summed E-state index contributed by atoms with van der Waals surface area (Å²) in [6.07, 6.45) is 5.26. The molecule has 3 N–H and O–H groups in total. The molecule has 54 valence electrons. The third-order valence-corrected chi connectivity index (χ3v) is 2.17. The fraction of sp³-hybridized carbons (Fsp3) is 1.00. The van der Waals surface area contributed by atoms with Crippen LogP contribution >= 0.6 is 0 Å². The number of hydrazine groups is 1. The van der Waals surface area contributed by atoms with Gasteiger partial charge in [0.2, 0.25) is 0 Å². The SMILES string of the molecule is C[C@H]1CCC[C@H](NN)C1. The van der Waals surface area contributed by atoms with Gasteiger partial charge in [0.15, 0.2) is 0 Å². The normalized spacial score (nSPS) is 36.7. The van der Waals surface area contributed by atoms with Crippen LogP contribution in [0.25, 0.3) is 0 Å². The molecule has 1 fully saturated rings. The molecule has 0 spiro atoms. The van der Waals surface area contributed by atoms with Crippen LogP contribution in [0.3, 0.4) is 0 Å². The Morgan fingerprint density at radius 3 is 2.67 bits per heavy atom. The molecule has 0 aromatic carbocycles. The molecule has 1 aliphatic carbocycles. The van der Waals surface area contributed by atoms with Gasteiger partial charge in [-0.15, -0.1) is 0 Å². The monoisotopic (exact) mass is 128 g/mol. The zero-order valence-corrected chi connectivity index (χ0v) is 6.06. The minimum absolute atomic E-state index is 0.591. The van der Waals surface area contributed by atoms with Crippen LogP contribution < -0.4 is 11.3 Å². The van der Waals surface area contributed by atoms with E-state index in [-0.39, 0.29) is 0 Å². The van der Waals surface area contributed by atoms with Crippen LogP contribution in [0.2, 0.25) is 0 Å². The van der Waals surface area contributed by atoms with E-state index >= 15 is 0 Å². The summed E-state index contributed by atoms with van der Waals surface area (Å²) < 4.78 is 0. The Labute approximate surface area is 56.8 Å². The first-order chi connectivity index (χ1) is 4.33. The van der Waals surface area contributed by atoms with E-state index in [0.29, 0.717) is 6.04 Å². The van der Waals surface area contributed by atoms with E-state index < -0.39 is 0 Å². The van der Waals surface area contributed by atoms with E-state index in [4.69, 9.17) is 5.84 Å². The van der Waals surface area contributed by atoms with Gasteiger partial charge in [-0.2, -0.15) is 0 Å². The molecule has 0 bridgehead atoms. The zero-order valence-electron chi connectivity index (χ0n) is 6.06. The van der Waals surface area contributed by atoms with Gasteiger partial charge >= 0.3 is 0 Å². The van der Waals surface area contributed by atoms with Gasteiger partial charge in [-0.3, -0.25) is 11.3 Å². The van der Waals surface area contributed by atoms with Crippen LogP contribution in [-0.2, 0) is 0 Å². The molecule has 2 atom stereocenters. The van der Waals surface area contributed by atoms with E-state index in [0.717, 1.165) is 5.92 Å². The van der Waals surface area contributed by atoms with Crippen LogP contribution in [-0.4, -0.2) is 6.04 Å². The van der Waals surface area contributed by atoms with Gasteiger partial charge < -0.3 is 0 Å². The van der Waals surface area contributed by atoms with Gasteiger partial charge in [-0.25, -0.2) is 0 Å². The quantitative estimate of drug-likeness (QED) is 0.409. The smallest absolute Gasteiger partial charge is 0.0213 e. The van der Waals surface area contributed by atoms with Gasteiger partial charge in [0, 0.05) is 6.04 Å². The number of rotatable bonds is 1. The third-order valence-electron chi connectivity index (χ3n) is 2.17. The number of nitrogens with two attached hydrogens (primary N) is 1. The summed E-state index contributed by atoms with van der Waals surface area (Å²) in [7, 11) is 0. The Morgan fingerprint density at radius 1 is 1.44 bits per heavy atom. The first kappa shape index (κ1) is 7.03. The molecular formula is C7H16N2. The van der Waals surface area contributed by atoms with Crippen molar-refractivity contribution in [1.29, 1.82) is 0 Å². The molecule has 1 rings (SSSR count). The van der Waals surface area contributed by atoms with Gasteiger partial charge in [-0.1, -0.05) is 19.8 Å². The lowest BCUT2D eigenvalue weighted by molar-refractivity contribution is 0.304. The van der Waals surface area contributed by atoms with Crippen molar-refractivity contribution in [1.82, 2.24) is 5.43 Å². The van der Waals surface area contributed by atoms with Crippen LogP contribution in [0.4, 0.5) is 0 Å². The molecule has 0 unspecified atom stereocenters. The molecule has 1 aliphatic rings. The van der Waals surface area contributed by atoms with Crippen molar-refractivity contribution in [2.24, 2.45) is 11.8 Å². The maximum absolute atomic E-state index is 5.32. The maximum Gasteiger partial charge on any atom is 0.0213 e.